The average Bonchev–Trinajstić information content (AvgIpc) is 3.52. The third-order valence-electron chi connectivity index (χ3n) is 6.93. The van der Waals surface area contributed by atoms with E-state index in [4.69, 9.17) is 18.6 Å². The van der Waals surface area contributed by atoms with Crippen LogP contribution < -0.4 is 19.8 Å². The summed E-state index contributed by atoms with van der Waals surface area (Å²) in [6.07, 6.45) is 4.50. The number of ether oxygens (including phenoxy) is 3. The van der Waals surface area contributed by atoms with Crippen LogP contribution in [0.4, 0.5) is 5.13 Å². The monoisotopic (exact) mass is 666 g/mol. The fourth-order valence-electron chi connectivity index (χ4n) is 4.95. The Balaban J connectivity index is 1.67. The van der Waals surface area contributed by atoms with Crippen molar-refractivity contribution in [2.75, 3.05) is 24.7 Å². The summed E-state index contributed by atoms with van der Waals surface area (Å²) in [7, 11) is 0. The van der Waals surface area contributed by atoms with Crippen LogP contribution in [0.2, 0.25) is 0 Å². The highest BCUT2D eigenvalue weighted by Crippen LogP contribution is 2.45. The lowest BCUT2D eigenvalue weighted by Crippen LogP contribution is -2.29. The van der Waals surface area contributed by atoms with Crippen molar-refractivity contribution < 1.29 is 28.2 Å². The van der Waals surface area contributed by atoms with Crippen molar-refractivity contribution in [2.45, 2.75) is 46.1 Å². The van der Waals surface area contributed by atoms with Crippen LogP contribution in [0.3, 0.4) is 0 Å². The van der Waals surface area contributed by atoms with Crippen LogP contribution in [-0.2, 0) is 4.74 Å². The minimum atomic E-state index is -0.905. The predicted octanol–water partition coefficient (Wildman–Crippen LogP) is 7.38. The SMILES string of the molecule is C=CCOC(=O)c1sc(N2C(=O)c3oc4ccc(Br)cc4c(=O)c3C2c2ccc(OCCCCC)c(OCC)c2)nc1C. The zero-order valence-corrected chi connectivity index (χ0v) is 26.5. The van der Waals surface area contributed by atoms with Crippen molar-refractivity contribution in [1.82, 2.24) is 4.98 Å². The Morgan fingerprint density at radius 3 is 2.70 bits per heavy atom. The van der Waals surface area contributed by atoms with E-state index >= 15 is 0 Å². The van der Waals surface area contributed by atoms with Crippen molar-refractivity contribution in [1.29, 1.82) is 0 Å². The number of halogens is 1. The van der Waals surface area contributed by atoms with Gasteiger partial charge in [0.1, 0.15) is 17.1 Å². The number of carbonyl (C=O) groups excluding carboxylic acids is 2. The summed E-state index contributed by atoms with van der Waals surface area (Å²) in [5.41, 5.74) is 1.13. The van der Waals surface area contributed by atoms with Crippen LogP contribution in [0.1, 0.15) is 76.2 Å². The molecule has 0 saturated heterocycles. The fourth-order valence-corrected chi connectivity index (χ4v) is 6.30. The quantitative estimate of drug-likeness (QED) is 0.0875. The molecule has 0 fully saturated rings. The van der Waals surface area contributed by atoms with Gasteiger partial charge in [-0.2, -0.15) is 0 Å². The highest BCUT2D eigenvalue weighted by molar-refractivity contribution is 9.10. The van der Waals surface area contributed by atoms with Crippen molar-refractivity contribution in [3.8, 4) is 11.5 Å². The van der Waals surface area contributed by atoms with E-state index in [1.54, 1.807) is 37.3 Å². The summed E-state index contributed by atoms with van der Waals surface area (Å²) in [5, 5.41) is 0.560. The predicted molar refractivity (Wildman–Crippen MR) is 169 cm³/mol. The normalized spacial score (nSPS) is 14.2. The number of carbonyl (C=O) groups is 2. The van der Waals surface area contributed by atoms with E-state index in [1.807, 2.05) is 13.0 Å². The molecular weight excluding hydrogens is 636 g/mol. The smallest absolute Gasteiger partial charge is 0.350 e. The van der Waals surface area contributed by atoms with Crippen LogP contribution in [0.5, 0.6) is 11.5 Å². The number of fused-ring (bicyclic) bond motifs is 2. The molecule has 4 aromatic rings. The molecule has 43 heavy (non-hydrogen) atoms. The van der Waals surface area contributed by atoms with Gasteiger partial charge in [0.15, 0.2) is 22.1 Å². The Labute approximate surface area is 261 Å². The van der Waals surface area contributed by atoms with E-state index in [9.17, 15) is 14.4 Å². The first-order chi connectivity index (χ1) is 20.8. The van der Waals surface area contributed by atoms with Gasteiger partial charge in [0, 0.05) is 4.47 Å². The molecule has 1 unspecified atom stereocenters. The summed E-state index contributed by atoms with van der Waals surface area (Å²) in [5.74, 6) is -0.125. The first kappa shape index (κ1) is 30.5. The molecule has 0 bridgehead atoms. The van der Waals surface area contributed by atoms with E-state index in [0.29, 0.717) is 45.8 Å². The molecule has 1 aliphatic heterocycles. The highest BCUT2D eigenvalue weighted by atomic mass is 79.9. The second-order valence-corrected chi connectivity index (χ2v) is 11.8. The Kier molecular flexibility index (Phi) is 9.31. The molecule has 0 spiro atoms. The van der Waals surface area contributed by atoms with Gasteiger partial charge in [0.2, 0.25) is 5.76 Å². The van der Waals surface area contributed by atoms with E-state index in [2.05, 4.69) is 34.4 Å². The van der Waals surface area contributed by atoms with Gasteiger partial charge in [-0.3, -0.25) is 14.5 Å². The first-order valence-corrected chi connectivity index (χ1v) is 15.6. The van der Waals surface area contributed by atoms with E-state index in [-0.39, 0.29) is 39.0 Å². The largest absolute Gasteiger partial charge is 0.490 e. The number of unbranched alkanes of at least 4 members (excludes halogenated alkanes) is 2. The lowest BCUT2D eigenvalue weighted by molar-refractivity contribution is 0.0554. The number of aryl methyl sites for hydroxylation is 1. The summed E-state index contributed by atoms with van der Waals surface area (Å²) < 4.78 is 24.0. The summed E-state index contributed by atoms with van der Waals surface area (Å²) in [4.78, 5) is 47.0. The molecule has 2 aromatic carbocycles. The average molecular weight is 668 g/mol. The van der Waals surface area contributed by atoms with Crippen molar-refractivity contribution in [3.05, 3.63) is 91.2 Å². The van der Waals surface area contributed by atoms with Gasteiger partial charge in [-0.1, -0.05) is 65.8 Å². The maximum Gasteiger partial charge on any atom is 0.350 e. The second-order valence-electron chi connectivity index (χ2n) is 9.89. The van der Waals surface area contributed by atoms with Crippen LogP contribution >= 0.6 is 27.3 Å². The third-order valence-corrected chi connectivity index (χ3v) is 8.56. The number of anilines is 1. The Morgan fingerprint density at radius 1 is 1.14 bits per heavy atom. The Hall–Kier alpha value is -3.96. The second kappa shape index (κ2) is 13.1. The van der Waals surface area contributed by atoms with E-state index < -0.39 is 17.9 Å². The van der Waals surface area contributed by atoms with Crippen LogP contribution in [0, 0.1) is 6.92 Å². The maximum absolute atomic E-state index is 14.1. The van der Waals surface area contributed by atoms with Gasteiger partial charge in [0.25, 0.3) is 5.91 Å². The molecule has 0 N–H and O–H groups in total. The maximum atomic E-state index is 14.1. The first-order valence-electron chi connectivity index (χ1n) is 14.0. The van der Waals surface area contributed by atoms with E-state index in [1.165, 1.54) is 11.0 Å². The van der Waals surface area contributed by atoms with Crippen molar-refractivity contribution >= 4 is 55.2 Å². The standard InChI is InChI=1S/C32H31BrN2O7S/c1-5-8-9-15-40-23-12-10-19(16-24(23)39-7-3)26-25-27(36)21-17-20(33)11-13-22(21)42-28(25)30(37)35(26)32-34-18(4)29(43-32)31(38)41-14-6-2/h6,10-13,16-17,26H,2,5,7-9,14-15H2,1,3-4H3. The molecule has 0 radical (unpaired) electrons. The molecule has 1 aliphatic rings. The molecule has 1 atom stereocenters. The van der Waals surface area contributed by atoms with Gasteiger partial charge < -0.3 is 18.6 Å². The molecule has 1 amide bonds. The number of thiazole rings is 1. The number of hydrogen-bond acceptors (Lipinski definition) is 9. The van der Waals surface area contributed by atoms with Crippen molar-refractivity contribution in [2.24, 2.45) is 0 Å². The van der Waals surface area contributed by atoms with Gasteiger partial charge in [0.05, 0.1) is 35.9 Å². The number of benzene rings is 2. The van der Waals surface area contributed by atoms with E-state index in [0.717, 1.165) is 30.6 Å². The zero-order chi connectivity index (χ0) is 30.7. The molecule has 9 nitrogen and oxygen atoms in total. The molecule has 11 heteroatoms. The van der Waals surface area contributed by atoms with Crippen LogP contribution in [0.15, 0.2) is 62.7 Å². The topological polar surface area (TPSA) is 108 Å². The molecule has 224 valence electrons. The number of nitrogens with zero attached hydrogens (tertiary/aromatic N) is 2. The molecule has 2 aromatic heterocycles. The van der Waals surface area contributed by atoms with Crippen LogP contribution in [-0.4, -0.2) is 36.7 Å². The minimum Gasteiger partial charge on any atom is -0.490 e. The zero-order valence-electron chi connectivity index (χ0n) is 24.1. The number of hydrogen-bond donors (Lipinski definition) is 0. The van der Waals surface area contributed by atoms with Gasteiger partial charge in [-0.15, -0.1) is 0 Å². The van der Waals surface area contributed by atoms with Gasteiger partial charge in [-0.25, -0.2) is 9.78 Å². The number of aromatic nitrogens is 1. The molecule has 5 rings (SSSR count). The lowest BCUT2D eigenvalue weighted by atomic mass is 9.98. The molecule has 3 heterocycles. The fraction of sp³-hybridized carbons (Fsp3) is 0.312. The number of esters is 1. The molecule has 0 aliphatic carbocycles. The Morgan fingerprint density at radius 2 is 1.95 bits per heavy atom. The third kappa shape index (κ3) is 5.96. The minimum absolute atomic E-state index is 0.0376. The number of amides is 1. The molecule has 0 saturated carbocycles. The summed E-state index contributed by atoms with van der Waals surface area (Å²) in [6, 6.07) is 9.53. The van der Waals surface area contributed by atoms with Gasteiger partial charge in [-0.05, 0) is 56.2 Å². The Bertz CT molecular complexity index is 1760. The summed E-state index contributed by atoms with van der Waals surface area (Å²) >= 11 is 4.44. The highest BCUT2D eigenvalue weighted by Gasteiger charge is 2.45. The lowest BCUT2D eigenvalue weighted by Gasteiger charge is -2.23. The van der Waals surface area contributed by atoms with Gasteiger partial charge >= 0.3 is 5.97 Å². The molecular formula is C32H31BrN2O7S. The van der Waals surface area contributed by atoms with Crippen LogP contribution in [0.25, 0.3) is 11.0 Å². The van der Waals surface area contributed by atoms with Crippen molar-refractivity contribution in [3.63, 3.8) is 0 Å². The number of rotatable bonds is 12. The summed E-state index contributed by atoms with van der Waals surface area (Å²) in [6.45, 7) is 10.2.